The summed E-state index contributed by atoms with van der Waals surface area (Å²) in [6.07, 6.45) is 1.72. The second kappa shape index (κ2) is 8.42. The van der Waals surface area contributed by atoms with Gasteiger partial charge in [0.05, 0.1) is 6.10 Å². The lowest BCUT2D eigenvalue weighted by Crippen LogP contribution is -2.39. The lowest BCUT2D eigenvalue weighted by Gasteiger charge is -2.24. The van der Waals surface area contributed by atoms with Crippen molar-refractivity contribution < 1.29 is 9.90 Å². The fraction of sp³-hybridized carbons (Fsp3) is 0.421. The first-order chi connectivity index (χ1) is 11.7. The molecule has 5 heteroatoms. The first kappa shape index (κ1) is 17.1. The number of aliphatic hydroxyl groups excluding tert-OH is 1. The van der Waals surface area contributed by atoms with Gasteiger partial charge in [0.2, 0.25) is 5.91 Å². The van der Waals surface area contributed by atoms with Gasteiger partial charge in [-0.25, -0.2) is 0 Å². The van der Waals surface area contributed by atoms with E-state index in [1.807, 2.05) is 23.6 Å². The van der Waals surface area contributed by atoms with E-state index in [4.69, 9.17) is 0 Å². The van der Waals surface area contributed by atoms with E-state index in [9.17, 15) is 9.90 Å². The second-order valence-electron chi connectivity index (χ2n) is 6.39. The van der Waals surface area contributed by atoms with Crippen LogP contribution in [0.1, 0.15) is 24.0 Å². The van der Waals surface area contributed by atoms with E-state index in [1.54, 1.807) is 11.3 Å². The SMILES string of the molecule is O=C(CCc1ccsc1)NCC1CC(O)CN1Cc1ccccc1. The fourth-order valence-electron chi connectivity index (χ4n) is 3.19. The Morgan fingerprint density at radius 1 is 1.25 bits per heavy atom. The van der Waals surface area contributed by atoms with Crippen LogP contribution in [-0.2, 0) is 17.8 Å². The van der Waals surface area contributed by atoms with Crippen molar-refractivity contribution in [3.63, 3.8) is 0 Å². The summed E-state index contributed by atoms with van der Waals surface area (Å²) in [5, 5.41) is 17.1. The van der Waals surface area contributed by atoms with Crippen LogP contribution in [0.15, 0.2) is 47.2 Å². The first-order valence-electron chi connectivity index (χ1n) is 8.44. The molecule has 2 aromatic rings. The van der Waals surface area contributed by atoms with Crippen molar-refractivity contribution in [1.29, 1.82) is 0 Å². The molecule has 1 amide bonds. The summed E-state index contributed by atoms with van der Waals surface area (Å²) in [5.41, 5.74) is 2.46. The molecule has 24 heavy (non-hydrogen) atoms. The van der Waals surface area contributed by atoms with Gasteiger partial charge in [0.1, 0.15) is 0 Å². The van der Waals surface area contributed by atoms with E-state index < -0.39 is 0 Å². The average Bonchev–Trinajstić information content (AvgIpc) is 3.22. The number of amides is 1. The van der Waals surface area contributed by atoms with Gasteiger partial charge in [-0.15, -0.1) is 0 Å². The normalized spacial score (nSPS) is 21.0. The largest absolute Gasteiger partial charge is 0.392 e. The van der Waals surface area contributed by atoms with Gasteiger partial charge in [-0.05, 0) is 40.8 Å². The van der Waals surface area contributed by atoms with Crippen LogP contribution in [0.3, 0.4) is 0 Å². The maximum Gasteiger partial charge on any atom is 0.220 e. The number of nitrogens with one attached hydrogen (secondary N) is 1. The molecule has 1 fully saturated rings. The van der Waals surface area contributed by atoms with Gasteiger partial charge in [0, 0.05) is 32.1 Å². The number of aryl methyl sites for hydroxylation is 1. The van der Waals surface area contributed by atoms with Crippen molar-refractivity contribution >= 4 is 17.2 Å². The molecule has 128 valence electrons. The van der Waals surface area contributed by atoms with Crippen molar-refractivity contribution in [3.8, 4) is 0 Å². The Balaban J connectivity index is 1.46. The van der Waals surface area contributed by atoms with Crippen molar-refractivity contribution in [2.75, 3.05) is 13.1 Å². The minimum Gasteiger partial charge on any atom is -0.392 e. The van der Waals surface area contributed by atoms with Crippen LogP contribution in [-0.4, -0.2) is 41.1 Å². The zero-order chi connectivity index (χ0) is 16.8. The standard InChI is InChI=1S/C19H24N2O2S/c22-18-10-17(21(13-18)12-15-4-2-1-3-5-15)11-20-19(23)7-6-16-8-9-24-14-16/h1-5,8-9,14,17-18,22H,6-7,10-13H2,(H,20,23). The zero-order valence-corrected chi connectivity index (χ0v) is 14.5. The molecule has 2 N–H and O–H groups in total. The second-order valence-corrected chi connectivity index (χ2v) is 7.17. The molecule has 3 rings (SSSR count). The maximum atomic E-state index is 12.1. The number of aliphatic hydroxyl groups is 1. The van der Waals surface area contributed by atoms with E-state index in [1.165, 1.54) is 11.1 Å². The van der Waals surface area contributed by atoms with Crippen LogP contribution >= 0.6 is 11.3 Å². The van der Waals surface area contributed by atoms with E-state index >= 15 is 0 Å². The minimum atomic E-state index is -0.304. The summed E-state index contributed by atoms with van der Waals surface area (Å²) in [4.78, 5) is 14.3. The molecule has 1 aromatic carbocycles. The molecule has 0 saturated carbocycles. The van der Waals surface area contributed by atoms with Gasteiger partial charge in [-0.1, -0.05) is 30.3 Å². The number of hydrogen-bond acceptors (Lipinski definition) is 4. The molecule has 0 radical (unpaired) electrons. The summed E-state index contributed by atoms with van der Waals surface area (Å²) >= 11 is 1.66. The van der Waals surface area contributed by atoms with E-state index in [-0.39, 0.29) is 18.1 Å². The van der Waals surface area contributed by atoms with Gasteiger partial charge < -0.3 is 10.4 Å². The highest BCUT2D eigenvalue weighted by atomic mass is 32.1. The highest BCUT2D eigenvalue weighted by molar-refractivity contribution is 7.07. The number of rotatable bonds is 7. The molecule has 2 heterocycles. The van der Waals surface area contributed by atoms with Gasteiger partial charge in [0.25, 0.3) is 0 Å². The predicted octanol–water partition coefficient (Wildman–Crippen LogP) is 2.43. The van der Waals surface area contributed by atoms with Gasteiger partial charge in [-0.3, -0.25) is 9.69 Å². The molecular weight excluding hydrogens is 320 g/mol. The van der Waals surface area contributed by atoms with Crippen LogP contribution in [0.2, 0.25) is 0 Å². The summed E-state index contributed by atoms with van der Waals surface area (Å²) in [6, 6.07) is 12.5. The number of thiophene rings is 1. The number of β-amino-alcohol motifs (C(OH)–C–C–N with tert-alkyl or cyclic N) is 1. The number of benzene rings is 1. The third-order valence-electron chi connectivity index (χ3n) is 4.49. The van der Waals surface area contributed by atoms with E-state index in [0.717, 1.165) is 19.4 Å². The number of carbonyl (C=O) groups is 1. The molecule has 0 spiro atoms. The highest BCUT2D eigenvalue weighted by Crippen LogP contribution is 2.20. The van der Waals surface area contributed by atoms with E-state index in [0.29, 0.717) is 19.5 Å². The third kappa shape index (κ3) is 4.90. The molecule has 4 nitrogen and oxygen atoms in total. The summed E-state index contributed by atoms with van der Waals surface area (Å²) < 4.78 is 0. The Labute approximate surface area is 147 Å². The van der Waals surface area contributed by atoms with Crippen LogP contribution in [0.4, 0.5) is 0 Å². The predicted molar refractivity (Wildman–Crippen MR) is 96.9 cm³/mol. The van der Waals surface area contributed by atoms with Crippen molar-refractivity contribution in [2.45, 2.75) is 38.0 Å². The minimum absolute atomic E-state index is 0.0854. The third-order valence-corrected chi connectivity index (χ3v) is 5.22. The Bertz CT molecular complexity index is 630. The Morgan fingerprint density at radius 2 is 2.08 bits per heavy atom. The van der Waals surface area contributed by atoms with Crippen LogP contribution in [0.5, 0.6) is 0 Å². The first-order valence-corrected chi connectivity index (χ1v) is 9.39. The Kier molecular flexibility index (Phi) is 6.01. The molecule has 0 aliphatic carbocycles. The highest BCUT2D eigenvalue weighted by Gasteiger charge is 2.30. The average molecular weight is 344 g/mol. The van der Waals surface area contributed by atoms with E-state index in [2.05, 4.69) is 33.8 Å². The van der Waals surface area contributed by atoms with Gasteiger partial charge in [0.15, 0.2) is 0 Å². The molecule has 1 aliphatic rings. The zero-order valence-electron chi connectivity index (χ0n) is 13.7. The summed E-state index contributed by atoms with van der Waals surface area (Å²) in [6.45, 7) is 2.09. The number of nitrogens with zero attached hydrogens (tertiary/aromatic N) is 1. The monoisotopic (exact) mass is 344 g/mol. The summed E-state index contributed by atoms with van der Waals surface area (Å²) in [5.74, 6) is 0.0854. The quantitative estimate of drug-likeness (QED) is 0.811. The molecule has 0 bridgehead atoms. The fourth-order valence-corrected chi connectivity index (χ4v) is 3.90. The Hall–Kier alpha value is -1.69. The van der Waals surface area contributed by atoms with Crippen molar-refractivity contribution in [2.24, 2.45) is 0 Å². The Morgan fingerprint density at radius 3 is 2.83 bits per heavy atom. The smallest absolute Gasteiger partial charge is 0.220 e. The lowest BCUT2D eigenvalue weighted by atomic mass is 10.1. The van der Waals surface area contributed by atoms with Crippen LogP contribution in [0, 0.1) is 0 Å². The summed E-state index contributed by atoms with van der Waals surface area (Å²) in [7, 11) is 0. The molecular formula is C19H24N2O2S. The maximum absolute atomic E-state index is 12.1. The van der Waals surface area contributed by atoms with Crippen molar-refractivity contribution in [3.05, 3.63) is 58.3 Å². The molecule has 2 atom stereocenters. The van der Waals surface area contributed by atoms with Crippen LogP contribution in [0.25, 0.3) is 0 Å². The molecule has 1 aromatic heterocycles. The molecule has 2 unspecified atom stereocenters. The number of likely N-dealkylation sites (tertiary alicyclic amines) is 1. The van der Waals surface area contributed by atoms with Crippen molar-refractivity contribution in [1.82, 2.24) is 10.2 Å². The molecule has 1 saturated heterocycles. The number of hydrogen-bond donors (Lipinski definition) is 2. The number of carbonyl (C=O) groups excluding carboxylic acids is 1. The van der Waals surface area contributed by atoms with Gasteiger partial charge in [-0.2, -0.15) is 11.3 Å². The molecule has 1 aliphatic heterocycles. The van der Waals surface area contributed by atoms with Gasteiger partial charge >= 0.3 is 0 Å². The lowest BCUT2D eigenvalue weighted by molar-refractivity contribution is -0.121. The topological polar surface area (TPSA) is 52.6 Å². The van der Waals surface area contributed by atoms with Crippen LogP contribution < -0.4 is 5.32 Å².